The Bertz CT molecular complexity index is 1380. The van der Waals surface area contributed by atoms with Gasteiger partial charge in [0.05, 0.1) is 5.56 Å². The summed E-state index contributed by atoms with van der Waals surface area (Å²) in [6.45, 7) is 0. The zero-order valence-corrected chi connectivity index (χ0v) is 20.8. The molecule has 0 fully saturated rings. The third-order valence-corrected chi connectivity index (χ3v) is 5.98. The van der Waals surface area contributed by atoms with Gasteiger partial charge in [0.2, 0.25) is 0 Å². The number of hydrogen-bond acceptors (Lipinski definition) is 5. The molecule has 0 aromatic heterocycles. The van der Waals surface area contributed by atoms with Crippen molar-refractivity contribution in [1.29, 1.82) is 0 Å². The molecule has 0 saturated heterocycles. The number of ether oxygens (including phenoxy) is 1. The average Bonchev–Trinajstić information content (AvgIpc) is 2.96. The number of nitrogens with zero attached hydrogens (tertiary/aromatic N) is 2. The van der Waals surface area contributed by atoms with Crippen LogP contribution in [0.3, 0.4) is 0 Å². The quantitative estimate of drug-likeness (QED) is 0.272. The Morgan fingerprint density at radius 1 is 0.595 bits per heavy atom. The molecule has 4 rings (SSSR count). The Kier molecular flexibility index (Phi) is 7.64. The highest BCUT2D eigenvalue weighted by atomic mass is 16.5. The third kappa shape index (κ3) is 5.85. The average molecular weight is 494 g/mol. The molecule has 1 N–H and O–H groups in total. The van der Waals surface area contributed by atoms with Gasteiger partial charge in [-0.2, -0.15) is 0 Å². The SMILES string of the molecule is CNc1ccc(C(=O)N(C)c2ccc(C(=O)N(C)c3ccc(C(=O)Oc4ccccc4)cc3)cc2)cc1. The molecule has 7 heteroatoms. The number of rotatable bonds is 7. The van der Waals surface area contributed by atoms with E-state index in [1.54, 1.807) is 104 Å². The maximum Gasteiger partial charge on any atom is 0.343 e. The van der Waals surface area contributed by atoms with Gasteiger partial charge in [0.25, 0.3) is 11.8 Å². The van der Waals surface area contributed by atoms with Gasteiger partial charge in [-0.3, -0.25) is 9.59 Å². The van der Waals surface area contributed by atoms with Gasteiger partial charge in [-0.15, -0.1) is 0 Å². The number of amides is 2. The Labute approximate surface area is 215 Å². The van der Waals surface area contributed by atoms with E-state index >= 15 is 0 Å². The summed E-state index contributed by atoms with van der Waals surface area (Å²) < 4.78 is 5.35. The first-order valence-electron chi connectivity index (χ1n) is 11.7. The summed E-state index contributed by atoms with van der Waals surface area (Å²) in [7, 11) is 5.18. The summed E-state index contributed by atoms with van der Waals surface area (Å²) in [6.07, 6.45) is 0. The summed E-state index contributed by atoms with van der Waals surface area (Å²) in [6, 6.07) is 29.5. The number of nitrogens with one attached hydrogen (secondary N) is 1. The zero-order chi connectivity index (χ0) is 26.4. The van der Waals surface area contributed by atoms with Crippen molar-refractivity contribution in [2.75, 3.05) is 36.3 Å². The van der Waals surface area contributed by atoms with Gasteiger partial charge in [0.15, 0.2) is 0 Å². The Balaban J connectivity index is 1.40. The van der Waals surface area contributed by atoms with Gasteiger partial charge < -0.3 is 19.9 Å². The molecule has 0 saturated carbocycles. The highest BCUT2D eigenvalue weighted by molar-refractivity contribution is 6.08. The molecule has 2 amide bonds. The topological polar surface area (TPSA) is 79.0 Å². The largest absolute Gasteiger partial charge is 0.423 e. The van der Waals surface area contributed by atoms with E-state index in [1.807, 2.05) is 25.2 Å². The van der Waals surface area contributed by atoms with Crippen LogP contribution in [0.2, 0.25) is 0 Å². The van der Waals surface area contributed by atoms with Gasteiger partial charge >= 0.3 is 5.97 Å². The molecule has 0 spiro atoms. The van der Waals surface area contributed by atoms with Crippen molar-refractivity contribution < 1.29 is 19.1 Å². The maximum atomic E-state index is 13.0. The number of hydrogen-bond donors (Lipinski definition) is 1. The highest BCUT2D eigenvalue weighted by Gasteiger charge is 2.17. The van der Waals surface area contributed by atoms with Crippen LogP contribution < -0.4 is 19.9 Å². The van der Waals surface area contributed by atoms with Crippen LogP contribution in [0.25, 0.3) is 0 Å². The lowest BCUT2D eigenvalue weighted by Gasteiger charge is -2.20. The van der Waals surface area contributed by atoms with Crippen molar-refractivity contribution in [1.82, 2.24) is 0 Å². The number of para-hydroxylation sites is 1. The molecule has 0 aliphatic rings. The number of carbonyl (C=O) groups excluding carboxylic acids is 3. The second-order valence-corrected chi connectivity index (χ2v) is 8.35. The van der Waals surface area contributed by atoms with Crippen LogP contribution in [0.4, 0.5) is 17.1 Å². The smallest absolute Gasteiger partial charge is 0.343 e. The van der Waals surface area contributed by atoms with Gasteiger partial charge in [-0.05, 0) is 84.9 Å². The summed E-state index contributed by atoms with van der Waals surface area (Å²) >= 11 is 0. The fourth-order valence-electron chi connectivity index (χ4n) is 3.70. The predicted octanol–water partition coefficient (Wildman–Crippen LogP) is 5.50. The Hall–Kier alpha value is -4.91. The van der Waals surface area contributed by atoms with E-state index in [0.29, 0.717) is 33.8 Å². The van der Waals surface area contributed by atoms with Gasteiger partial charge in [-0.1, -0.05) is 18.2 Å². The molecule has 186 valence electrons. The molecular weight excluding hydrogens is 466 g/mol. The van der Waals surface area contributed by atoms with Crippen molar-refractivity contribution in [3.63, 3.8) is 0 Å². The molecule has 0 radical (unpaired) electrons. The van der Waals surface area contributed by atoms with E-state index in [1.165, 1.54) is 4.90 Å². The molecular formula is C30H27N3O4. The van der Waals surface area contributed by atoms with Crippen LogP contribution in [0.5, 0.6) is 5.75 Å². The minimum absolute atomic E-state index is 0.148. The number of esters is 1. The van der Waals surface area contributed by atoms with E-state index in [0.717, 1.165) is 5.69 Å². The standard InChI is InChI=1S/C30H27N3O4/c1-31-24-15-9-21(10-16-24)28(34)32(2)25-17-11-22(12-18-25)29(35)33(3)26-19-13-23(14-20-26)30(36)37-27-7-5-4-6-8-27/h4-20,31H,1-3H3. The van der Waals surface area contributed by atoms with Crippen LogP contribution in [-0.2, 0) is 0 Å². The fraction of sp³-hybridized carbons (Fsp3) is 0.100. The van der Waals surface area contributed by atoms with Crippen LogP contribution in [0.1, 0.15) is 31.1 Å². The molecule has 0 aliphatic heterocycles. The van der Waals surface area contributed by atoms with E-state index < -0.39 is 5.97 Å². The molecule has 0 aliphatic carbocycles. The minimum atomic E-state index is -0.473. The Morgan fingerprint density at radius 3 is 1.49 bits per heavy atom. The zero-order valence-electron chi connectivity index (χ0n) is 20.8. The number of anilines is 3. The Morgan fingerprint density at radius 2 is 1.03 bits per heavy atom. The summed E-state index contributed by atoms with van der Waals surface area (Å²) in [5.41, 5.74) is 3.64. The molecule has 4 aromatic rings. The number of benzene rings is 4. The van der Waals surface area contributed by atoms with Crippen LogP contribution in [0, 0.1) is 0 Å². The lowest BCUT2D eigenvalue weighted by Crippen LogP contribution is -2.27. The normalized spacial score (nSPS) is 10.4. The van der Waals surface area contributed by atoms with Crippen molar-refractivity contribution >= 4 is 34.8 Å². The third-order valence-electron chi connectivity index (χ3n) is 5.98. The van der Waals surface area contributed by atoms with Gasteiger partial charge in [0.1, 0.15) is 5.75 Å². The van der Waals surface area contributed by atoms with Gasteiger partial charge in [0, 0.05) is 49.3 Å². The van der Waals surface area contributed by atoms with Crippen LogP contribution in [0.15, 0.2) is 103 Å². The molecule has 0 atom stereocenters. The molecule has 4 aromatic carbocycles. The lowest BCUT2D eigenvalue weighted by molar-refractivity contribution is 0.0734. The summed E-state index contributed by atoms with van der Waals surface area (Å²) in [5.74, 6) is -0.377. The second-order valence-electron chi connectivity index (χ2n) is 8.35. The molecule has 37 heavy (non-hydrogen) atoms. The first-order valence-corrected chi connectivity index (χ1v) is 11.7. The fourth-order valence-corrected chi connectivity index (χ4v) is 3.70. The molecule has 7 nitrogen and oxygen atoms in total. The maximum absolute atomic E-state index is 13.0. The van der Waals surface area contributed by atoms with E-state index in [-0.39, 0.29) is 11.8 Å². The van der Waals surface area contributed by atoms with Crippen LogP contribution in [-0.4, -0.2) is 38.9 Å². The first-order chi connectivity index (χ1) is 17.9. The van der Waals surface area contributed by atoms with E-state index in [2.05, 4.69) is 5.32 Å². The number of carbonyl (C=O) groups is 3. The van der Waals surface area contributed by atoms with Gasteiger partial charge in [-0.25, -0.2) is 4.79 Å². The van der Waals surface area contributed by atoms with E-state index in [4.69, 9.17) is 4.74 Å². The van der Waals surface area contributed by atoms with Crippen molar-refractivity contribution in [3.05, 3.63) is 120 Å². The summed E-state index contributed by atoms with van der Waals surface area (Å²) in [4.78, 5) is 41.3. The molecule has 0 unspecified atom stereocenters. The van der Waals surface area contributed by atoms with Crippen molar-refractivity contribution in [2.24, 2.45) is 0 Å². The lowest BCUT2D eigenvalue weighted by atomic mass is 10.1. The second kappa shape index (κ2) is 11.2. The summed E-state index contributed by atoms with van der Waals surface area (Å²) in [5, 5.41) is 3.03. The monoisotopic (exact) mass is 493 g/mol. The first kappa shape index (κ1) is 25.2. The van der Waals surface area contributed by atoms with Crippen molar-refractivity contribution in [2.45, 2.75) is 0 Å². The highest BCUT2D eigenvalue weighted by Crippen LogP contribution is 2.21. The predicted molar refractivity (Wildman–Crippen MR) is 146 cm³/mol. The van der Waals surface area contributed by atoms with Crippen molar-refractivity contribution in [3.8, 4) is 5.75 Å². The minimum Gasteiger partial charge on any atom is -0.423 e. The van der Waals surface area contributed by atoms with E-state index in [9.17, 15) is 14.4 Å². The van der Waals surface area contributed by atoms with Crippen LogP contribution >= 0.6 is 0 Å². The molecule has 0 heterocycles. The molecule has 0 bridgehead atoms.